The Hall–Kier alpha value is -2.16. The molecule has 0 bridgehead atoms. The van der Waals surface area contributed by atoms with Crippen LogP contribution < -0.4 is 4.74 Å². The van der Waals surface area contributed by atoms with Crippen LogP contribution in [0.15, 0.2) is 60.7 Å². The van der Waals surface area contributed by atoms with Gasteiger partial charge in [-0.15, -0.1) is 0 Å². The van der Waals surface area contributed by atoms with E-state index in [1.165, 1.54) is 0 Å². The van der Waals surface area contributed by atoms with Crippen LogP contribution in [0, 0.1) is 0 Å². The van der Waals surface area contributed by atoms with Crippen molar-refractivity contribution in [3.63, 3.8) is 0 Å². The van der Waals surface area contributed by atoms with Gasteiger partial charge in [-0.3, -0.25) is 0 Å². The van der Waals surface area contributed by atoms with E-state index in [0.717, 1.165) is 6.08 Å². The summed E-state index contributed by atoms with van der Waals surface area (Å²) in [5.41, 5.74) is 0.449. The normalized spacial score (nSPS) is 9.76. The van der Waals surface area contributed by atoms with Crippen molar-refractivity contribution in [1.82, 2.24) is 0 Å². The standard InChI is InChI=1S/C14H10F2O/c15-14(16)10-11-6-8-13(9-7-11)17-12-4-2-1-3-5-12/h1-10H. The summed E-state index contributed by atoms with van der Waals surface area (Å²) in [6, 6.07) is 15.8. The predicted molar refractivity (Wildman–Crippen MR) is 63.2 cm³/mol. The second-order valence-electron chi connectivity index (χ2n) is 3.42. The molecule has 0 spiro atoms. The Morgan fingerprint density at radius 1 is 0.824 bits per heavy atom. The van der Waals surface area contributed by atoms with Crippen molar-refractivity contribution < 1.29 is 13.5 Å². The van der Waals surface area contributed by atoms with Crippen LogP contribution in [0.25, 0.3) is 6.08 Å². The molecule has 3 heteroatoms. The third kappa shape index (κ3) is 3.41. The molecule has 86 valence electrons. The van der Waals surface area contributed by atoms with Crippen molar-refractivity contribution in [1.29, 1.82) is 0 Å². The van der Waals surface area contributed by atoms with Crippen molar-refractivity contribution in [2.24, 2.45) is 0 Å². The minimum Gasteiger partial charge on any atom is -0.457 e. The molecule has 0 aliphatic carbocycles. The van der Waals surface area contributed by atoms with Gasteiger partial charge in [0.05, 0.1) is 0 Å². The van der Waals surface area contributed by atoms with Crippen molar-refractivity contribution in [3.05, 3.63) is 66.2 Å². The van der Waals surface area contributed by atoms with E-state index >= 15 is 0 Å². The highest BCUT2D eigenvalue weighted by atomic mass is 19.3. The molecular weight excluding hydrogens is 222 g/mol. The van der Waals surface area contributed by atoms with Crippen molar-refractivity contribution >= 4 is 6.08 Å². The SMILES string of the molecule is FC(F)=Cc1ccc(Oc2ccccc2)cc1. The quantitative estimate of drug-likeness (QED) is 0.744. The Balaban J connectivity index is 2.11. The first kappa shape index (κ1) is 11.3. The minimum absolute atomic E-state index is 0.449. The Bertz CT molecular complexity index is 500. The number of rotatable bonds is 3. The molecule has 0 atom stereocenters. The molecule has 0 fully saturated rings. The summed E-state index contributed by atoms with van der Waals surface area (Å²) >= 11 is 0. The molecule has 2 rings (SSSR count). The van der Waals surface area contributed by atoms with Crippen LogP contribution in [0.3, 0.4) is 0 Å². The van der Waals surface area contributed by atoms with Gasteiger partial charge in [-0.05, 0) is 29.8 Å². The van der Waals surface area contributed by atoms with Gasteiger partial charge >= 0.3 is 0 Å². The van der Waals surface area contributed by atoms with E-state index in [2.05, 4.69) is 0 Å². The number of halogens is 2. The van der Waals surface area contributed by atoms with Gasteiger partial charge in [-0.1, -0.05) is 30.3 Å². The average Bonchev–Trinajstić information content (AvgIpc) is 2.32. The average molecular weight is 232 g/mol. The molecule has 0 N–H and O–H groups in total. The van der Waals surface area contributed by atoms with Crippen LogP contribution >= 0.6 is 0 Å². The van der Waals surface area contributed by atoms with E-state index in [-0.39, 0.29) is 0 Å². The van der Waals surface area contributed by atoms with Gasteiger partial charge < -0.3 is 4.74 Å². The van der Waals surface area contributed by atoms with Crippen LogP contribution in [0.2, 0.25) is 0 Å². The molecule has 0 aliphatic heterocycles. The first-order valence-electron chi connectivity index (χ1n) is 5.10. The molecule has 0 unspecified atom stereocenters. The van der Waals surface area contributed by atoms with Crippen molar-refractivity contribution in [2.45, 2.75) is 0 Å². The van der Waals surface area contributed by atoms with E-state index in [1.807, 2.05) is 30.3 Å². The fourth-order valence-corrected chi connectivity index (χ4v) is 1.38. The molecule has 0 saturated carbocycles. The summed E-state index contributed by atoms with van der Waals surface area (Å²) in [5.74, 6) is 1.33. The Morgan fingerprint density at radius 2 is 1.41 bits per heavy atom. The number of hydrogen-bond donors (Lipinski definition) is 0. The summed E-state index contributed by atoms with van der Waals surface area (Å²) in [4.78, 5) is 0. The highest BCUT2D eigenvalue weighted by Gasteiger charge is 1.97. The zero-order valence-electron chi connectivity index (χ0n) is 8.94. The topological polar surface area (TPSA) is 9.23 Å². The van der Waals surface area contributed by atoms with Gasteiger partial charge in [-0.2, -0.15) is 8.78 Å². The molecule has 2 aromatic carbocycles. The fraction of sp³-hybridized carbons (Fsp3) is 0. The van der Waals surface area contributed by atoms with E-state index in [0.29, 0.717) is 17.1 Å². The first-order valence-corrected chi connectivity index (χ1v) is 5.10. The summed E-state index contributed by atoms with van der Waals surface area (Å²) in [6.45, 7) is 0. The number of hydrogen-bond acceptors (Lipinski definition) is 1. The Kier molecular flexibility index (Phi) is 3.50. The molecule has 0 heterocycles. The third-order valence-corrected chi connectivity index (χ3v) is 2.13. The lowest BCUT2D eigenvalue weighted by Gasteiger charge is -2.05. The van der Waals surface area contributed by atoms with E-state index < -0.39 is 6.08 Å². The second-order valence-corrected chi connectivity index (χ2v) is 3.42. The predicted octanol–water partition coefficient (Wildman–Crippen LogP) is 4.72. The van der Waals surface area contributed by atoms with Crippen molar-refractivity contribution in [3.8, 4) is 11.5 Å². The van der Waals surface area contributed by atoms with Gasteiger partial charge in [0.15, 0.2) is 0 Å². The van der Waals surface area contributed by atoms with Crippen LogP contribution in [-0.4, -0.2) is 0 Å². The summed E-state index contributed by atoms with van der Waals surface area (Å²) in [5, 5.41) is 0. The van der Waals surface area contributed by atoms with Gasteiger partial charge in [0.2, 0.25) is 0 Å². The molecule has 0 radical (unpaired) electrons. The Morgan fingerprint density at radius 3 is 2.00 bits per heavy atom. The van der Waals surface area contributed by atoms with Crippen LogP contribution in [0.4, 0.5) is 8.78 Å². The smallest absolute Gasteiger partial charge is 0.270 e. The molecular formula is C14H10F2O. The monoisotopic (exact) mass is 232 g/mol. The lowest BCUT2D eigenvalue weighted by Crippen LogP contribution is -1.83. The lowest BCUT2D eigenvalue weighted by atomic mass is 10.2. The van der Waals surface area contributed by atoms with Crippen LogP contribution in [0.1, 0.15) is 5.56 Å². The second kappa shape index (κ2) is 5.25. The third-order valence-electron chi connectivity index (χ3n) is 2.13. The van der Waals surface area contributed by atoms with Gasteiger partial charge in [-0.25, -0.2) is 0 Å². The minimum atomic E-state index is -1.71. The summed E-state index contributed by atoms with van der Waals surface area (Å²) < 4.78 is 29.5. The molecule has 17 heavy (non-hydrogen) atoms. The van der Waals surface area contributed by atoms with Crippen molar-refractivity contribution in [2.75, 3.05) is 0 Å². The van der Waals surface area contributed by atoms with Gasteiger partial charge in [0.25, 0.3) is 6.08 Å². The fourth-order valence-electron chi connectivity index (χ4n) is 1.38. The highest BCUT2D eigenvalue weighted by molar-refractivity contribution is 5.51. The summed E-state index contributed by atoms with van der Waals surface area (Å²) in [6.07, 6.45) is -0.895. The number of ether oxygens (including phenoxy) is 1. The van der Waals surface area contributed by atoms with Crippen LogP contribution in [-0.2, 0) is 0 Å². The van der Waals surface area contributed by atoms with E-state index in [1.54, 1.807) is 24.3 Å². The zero-order valence-corrected chi connectivity index (χ0v) is 8.94. The molecule has 0 saturated heterocycles. The van der Waals surface area contributed by atoms with Gasteiger partial charge in [0.1, 0.15) is 11.5 Å². The van der Waals surface area contributed by atoms with Crippen LogP contribution in [0.5, 0.6) is 11.5 Å². The maximum atomic E-state index is 12.0. The van der Waals surface area contributed by atoms with Gasteiger partial charge in [0, 0.05) is 6.08 Å². The van der Waals surface area contributed by atoms with E-state index in [4.69, 9.17) is 4.74 Å². The molecule has 0 amide bonds. The maximum absolute atomic E-state index is 12.0. The van der Waals surface area contributed by atoms with E-state index in [9.17, 15) is 8.78 Å². The maximum Gasteiger partial charge on any atom is 0.270 e. The number of benzene rings is 2. The molecule has 0 aliphatic rings. The lowest BCUT2D eigenvalue weighted by molar-refractivity contribution is 0.429. The highest BCUT2D eigenvalue weighted by Crippen LogP contribution is 2.21. The first-order chi connectivity index (χ1) is 8.24. The molecule has 0 aromatic heterocycles. The largest absolute Gasteiger partial charge is 0.457 e. The number of para-hydroxylation sites is 1. The summed E-state index contributed by atoms with van der Waals surface area (Å²) in [7, 11) is 0. The Labute approximate surface area is 98.0 Å². The molecule has 2 aromatic rings. The zero-order chi connectivity index (χ0) is 12.1. The molecule has 1 nitrogen and oxygen atoms in total.